The maximum atomic E-state index is 11.0. The first kappa shape index (κ1) is 15.5. The van der Waals surface area contributed by atoms with Crippen LogP contribution in [0.15, 0.2) is 60.7 Å². The monoisotopic (exact) mass is 296 g/mol. The Bertz CT molecular complexity index is 787. The van der Waals surface area contributed by atoms with Gasteiger partial charge in [0.15, 0.2) is 0 Å². The summed E-state index contributed by atoms with van der Waals surface area (Å²) in [6.45, 7) is 7.10. The third-order valence-electron chi connectivity index (χ3n) is 3.43. The van der Waals surface area contributed by atoms with E-state index in [1.165, 1.54) is 0 Å². The van der Waals surface area contributed by atoms with Crippen molar-refractivity contribution < 1.29 is 19.8 Å². The number of benzene rings is 2. The van der Waals surface area contributed by atoms with Crippen molar-refractivity contribution in [1.29, 1.82) is 0 Å². The molecule has 0 unspecified atom stereocenters. The molecule has 2 N–H and O–H groups in total. The Balaban J connectivity index is 2.47. The van der Waals surface area contributed by atoms with Crippen LogP contribution in [0.2, 0.25) is 0 Å². The number of carboxylic acids is 2. The highest BCUT2D eigenvalue weighted by atomic mass is 16.4. The molecule has 0 aliphatic rings. The molecule has 112 valence electrons. The lowest BCUT2D eigenvalue weighted by atomic mass is 9.94. The van der Waals surface area contributed by atoms with Gasteiger partial charge < -0.3 is 10.2 Å². The molecule has 4 heteroatoms. The van der Waals surface area contributed by atoms with Crippen molar-refractivity contribution in [3.05, 3.63) is 71.8 Å². The first-order chi connectivity index (χ1) is 10.4. The van der Waals surface area contributed by atoms with Gasteiger partial charge in [-0.25, -0.2) is 9.59 Å². The highest BCUT2D eigenvalue weighted by molar-refractivity contribution is 5.91. The summed E-state index contributed by atoms with van der Waals surface area (Å²) < 4.78 is 0. The van der Waals surface area contributed by atoms with Crippen LogP contribution < -0.4 is 0 Å². The Morgan fingerprint density at radius 3 is 2.14 bits per heavy atom. The van der Waals surface area contributed by atoms with Gasteiger partial charge in [-0.05, 0) is 21.9 Å². The zero-order valence-corrected chi connectivity index (χ0v) is 12.0. The lowest BCUT2D eigenvalue weighted by Gasteiger charge is -2.11. The summed E-state index contributed by atoms with van der Waals surface area (Å²) in [7, 11) is 0. The van der Waals surface area contributed by atoms with E-state index >= 15 is 0 Å². The molecule has 0 saturated carbocycles. The second kappa shape index (κ2) is 6.26. The number of aliphatic carboxylic acids is 2. The Hall–Kier alpha value is -2.88. The summed E-state index contributed by atoms with van der Waals surface area (Å²) in [6.07, 6.45) is 0.427. The minimum atomic E-state index is -1.04. The number of hydrogen-bond donors (Lipinski definition) is 2. The minimum absolute atomic E-state index is 0.0956. The number of carbonyl (C=O) groups is 2. The first-order valence-corrected chi connectivity index (χ1v) is 6.71. The molecule has 0 spiro atoms. The quantitative estimate of drug-likeness (QED) is 0.803. The van der Waals surface area contributed by atoms with Gasteiger partial charge in [-0.15, -0.1) is 0 Å². The zero-order chi connectivity index (χ0) is 16.3. The molecule has 0 radical (unpaired) electrons. The lowest BCUT2D eigenvalue weighted by molar-refractivity contribution is -0.133. The van der Waals surface area contributed by atoms with E-state index in [1.807, 2.05) is 36.4 Å². The summed E-state index contributed by atoms with van der Waals surface area (Å²) in [5, 5.41) is 19.8. The third-order valence-corrected chi connectivity index (χ3v) is 3.43. The van der Waals surface area contributed by atoms with E-state index in [0.29, 0.717) is 0 Å². The van der Waals surface area contributed by atoms with E-state index in [2.05, 4.69) is 13.2 Å². The Morgan fingerprint density at radius 2 is 1.50 bits per heavy atom. The van der Waals surface area contributed by atoms with Crippen molar-refractivity contribution in [2.45, 2.75) is 12.8 Å². The van der Waals surface area contributed by atoms with E-state index in [-0.39, 0.29) is 24.0 Å². The number of carboxylic acid groups (broad SMARTS) is 2. The van der Waals surface area contributed by atoms with Crippen LogP contribution in [0, 0.1) is 0 Å². The number of rotatable bonds is 6. The first-order valence-electron chi connectivity index (χ1n) is 6.71. The average Bonchev–Trinajstić information content (AvgIpc) is 2.46. The van der Waals surface area contributed by atoms with Gasteiger partial charge in [0.05, 0.1) is 0 Å². The SMILES string of the molecule is C=C(Cc1cc(CC(=C)C(=O)O)c2ccccc2c1)C(=O)O. The Morgan fingerprint density at radius 1 is 0.909 bits per heavy atom. The minimum Gasteiger partial charge on any atom is -0.478 e. The van der Waals surface area contributed by atoms with E-state index < -0.39 is 11.9 Å². The van der Waals surface area contributed by atoms with Gasteiger partial charge in [-0.3, -0.25) is 0 Å². The average molecular weight is 296 g/mol. The van der Waals surface area contributed by atoms with Gasteiger partial charge in [0.2, 0.25) is 0 Å². The fraction of sp³-hybridized carbons (Fsp3) is 0.111. The summed E-state index contributed by atoms with van der Waals surface area (Å²) in [4.78, 5) is 21.9. The van der Waals surface area contributed by atoms with Crippen LogP contribution in [0.3, 0.4) is 0 Å². The van der Waals surface area contributed by atoms with Crippen LogP contribution in [0.4, 0.5) is 0 Å². The molecule has 0 atom stereocenters. The normalized spacial score (nSPS) is 10.4. The third kappa shape index (κ3) is 3.41. The van der Waals surface area contributed by atoms with Crippen LogP contribution in [0.25, 0.3) is 10.8 Å². The van der Waals surface area contributed by atoms with Crippen LogP contribution >= 0.6 is 0 Å². The molecule has 0 bridgehead atoms. The fourth-order valence-corrected chi connectivity index (χ4v) is 2.33. The van der Waals surface area contributed by atoms with E-state index in [4.69, 9.17) is 10.2 Å². The van der Waals surface area contributed by atoms with E-state index in [9.17, 15) is 9.59 Å². The van der Waals surface area contributed by atoms with Crippen molar-refractivity contribution in [2.75, 3.05) is 0 Å². The highest BCUT2D eigenvalue weighted by Crippen LogP contribution is 2.24. The lowest BCUT2D eigenvalue weighted by Crippen LogP contribution is -2.05. The van der Waals surface area contributed by atoms with Crippen LogP contribution in [0.1, 0.15) is 11.1 Å². The second-order valence-corrected chi connectivity index (χ2v) is 5.15. The molecular weight excluding hydrogens is 280 g/mol. The van der Waals surface area contributed by atoms with Crippen molar-refractivity contribution in [3.8, 4) is 0 Å². The molecule has 0 amide bonds. The summed E-state index contributed by atoms with van der Waals surface area (Å²) >= 11 is 0. The number of fused-ring (bicyclic) bond motifs is 1. The van der Waals surface area contributed by atoms with Gasteiger partial charge in [0, 0.05) is 24.0 Å². The van der Waals surface area contributed by atoms with Gasteiger partial charge in [0.1, 0.15) is 0 Å². The molecule has 0 aliphatic carbocycles. The van der Waals surface area contributed by atoms with Gasteiger partial charge in [-0.1, -0.05) is 49.6 Å². The molecular formula is C18H16O4. The summed E-state index contributed by atoms with van der Waals surface area (Å²) in [5.74, 6) is -2.07. The summed E-state index contributed by atoms with van der Waals surface area (Å²) in [5.41, 5.74) is 1.80. The maximum Gasteiger partial charge on any atom is 0.331 e. The molecule has 4 nitrogen and oxygen atoms in total. The van der Waals surface area contributed by atoms with Gasteiger partial charge in [-0.2, -0.15) is 0 Å². The molecule has 0 saturated heterocycles. The van der Waals surface area contributed by atoms with Gasteiger partial charge in [0.25, 0.3) is 0 Å². The molecule has 0 fully saturated rings. The predicted molar refractivity (Wildman–Crippen MR) is 84.9 cm³/mol. The standard InChI is InChI=1S/C18H16O4/c1-11(17(19)20)7-13-9-14-5-3-4-6-16(14)15(10-13)8-12(2)18(21)22/h3-6,9-10H,1-2,7-8H2,(H,19,20)(H,21,22). The smallest absolute Gasteiger partial charge is 0.331 e. The molecule has 2 aromatic rings. The highest BCUT2D eigenvalue weighted by Gasteiger charge is 2.12. The van der Waals surface area contributed by atoms with Gasteiger partial charge >= 0.3 is 11.9 Å². The van der Waals surface area contributed by atoms with Crippen LogP contribution in [0.5, 0.6) is 0 Å². The van der Waals surface area contributed by atoms with Crippen molar-refractivity contribution in [3.63, 3.8) is 0 Å². The Labute approximate surface area is 128 Å². The second-order valence-electron chi connectivity index (χ2n) is 5.15. The van der Waals surface area contributed by atoms with E-state index in [0.717, 1.165) is 21.9 Å². The van der Waals surface area contributed by atoms with E-state index in [1.54, 1.807) is 0 Å². The fourth-order valence-electron chi connectivity index (χ4n) is 2.33. The van der Waals surface area contributed by atoms with Crippen molar-refractivity contribution in [2.24, 2.45) is 0 Å². The summed E-state index contributed by atoms with van der Waals surface area (Å²) in [6, 6.07) is 11.3. The molecule has 0 heterocycles. The Kier molecular flexibility index (Phi) is 4.41. The molecule has 2 aromatic carbocycles. The zero-order valence-electron chi connectivity index (χ0n) is 12.0. The molecule has 2 rings (SSSR count). The predicted octanol–water partition coefficient (Wildman–Crippen LogP) is 3.21. The molecule has 22 heavy (non-hydrogen) atoms. The van der Waals surface area contributed by atoms with Crippen LogP contribution in [-0.2, 0) is 22.4 Å². The molecule has 0 aromatic heterocycles. The van der Waals surface area contributed by atoms with Crippen molar-refractivity contribution in [1.82, 2.24) is 0 Å². The largest absolute Gasteiger partial charge is 0.478 e. The van der Waals surface area contributed by atoms with Crippen LogP contribution in [-0.4, -0.2) is 22.2 Å². The maximum absolute atomic E-state index is 11.0. The number of hydrogen-bond acceptors (Lipinski definition) is 2. The van der Waals surface area contributed by atoms with Crippen molar-refractivity contribution >= 4 is 22.7 Å². The topological polar surface area (TPSA) is 74.6 Å². The molecule has 0 aliphatic heterocycles.